The zero-order chi connectivity index (χ0) is 15.8. The van der Waals surface area contributed by atoms with Gasteiger partial charge in [0.15, 0.2) is 0 Å². The second-order valence-electron chi connectivity index (χ2n) is 7.29. The molecular formula is C19H24O3. The molecule has 0 N–H and O–H groups in total. The first kappa shape index (κ1) is 15.3. The molecule has 0 spiro atoms. The van der Waals surface area contributed by atoms with Gasteiger partial charge in [-0.3, -0.25) is 0 Å². The Kier molecular flexibility index (Phi) is 3.85. The van der Waals surface area contributed by atoms with Gasteiger partial charge in [0.25, 0.3) is 0 Å². The normalized spacial score (nSPS) is 32.0. The van der Waals surface area contributed by atoms with Gasteiger partial charge in [-0.2, -0.15) is 0 Å². The summed E-state index contributed by atoms with van der Waals surface area (Å²) in [6, 6.07) is 9.79. The fraction of sp³-hybridized carbons (Fsp3) is 0.526. The summed E-state index contributed by atoms with van der Waals surface area (Å²) in [5.74, 6) is -0.223. The maximum atomic E-state index is 12.9. The van der Waals surface area contributed by atoms with E-state index in [1.54, 1.807) is 0 Å². The Hall–Kier alpha value is -1.61. The van der Waals surface area contributed by atoms with Gasteiger partial charge in [-0.05, 0) is 24.8 Å². The number of carbonyl (C=O) groups excluding carboxylic acids is 1. The van der Waals surface area contributed by atoms with Gasteiger partial charge in [-0.25, -0.2) is 4.79 Å². The zero-order valence-corrected chi connectivity index (χ0v) is 13.5. The van der Waals surface area contributed by atoms with Crippen molar-refractivity contribution in [3.05, 3.63) is 48.0 Å². The van der Waals surface area contributed by atoms with E-state index in [4.69, 9.17) is 9.47 Å². The molecule has 0 bridgehead atoms. The van der Waals surface area contributed by atoms with Gasteiger partial charge in [0, 0.05) is 11.3 Å². The third-order valence-electron chi connectivity index (χ3n) is 4.50. The second-order valence-corrected chi connectivity index (χ2v) is 7.29. The summed E-state index contributed by atoms with van der Waals surface area (Å²) >= 11 is 0. The summed E-state index contributed by atoms with van der Waals surface area (Å²) in [4.78, 5) is 12.9. The van der Waals surface area contributed by atoms with Gasteiger partial charge in [0.05, 0.1) is 0 Å². The van der Waals surface area contributed by atoms with Gasteiger partial charge in [-0.1, -0.05) is 63.3 Å². The maximum absolute atomic E-state index is 12.9. The highest BCUT2D eigenvalue weighted by Crippen LogP contribution is 2.48. The van der Waals surface area contributed by atoms with Crippen molar-refractivity contribution in [2.24, 2.45) is 11.3 Å². The lowest BCUT2D eigenvalue weighted by atomic mass is 9.76. The van der Waals surface area contributed by atoms with Crippen LogP contribution in [0.2, 0.25) is 0 Å². The smallest absolute Gasteiger partial charge is 0.346 e. The Labute approximate surface area is 132 Å². The number of cyclic esters (lactones) is 1. The molecule has 1 heterocycles. The SMILES string of the molecule is CC(C)(C)[C@H]1OC(=O)[C@](c2ccccc2)(C2C=CCCC2)O1. The molecular weight excluding hydrogens is 276 g/mol. The van der Waals surface area contributed by atoms with Gasteiger partial charge >= 0.3 is 5.97 Å². The van der Waals surface area contributed by atoms with Gasteiger partial charge in [0.1, 0.15) is 0 Å². The topological polar surface area (TPSA) is 35.5 Å². The first-order valence-electron chi connectivity index (χ1n) is 8.05. The minimum atomic E-state index is -1.00. The van der Waals surface area contributed by atoms with Crippen LogP contribution in [0, 0.1) is 11.3 Å². The quantitative estimate of drug-likeness (QED) is 0.607. The van der Waals surface area contributed by atoms with Crippen LogP contribution in [0.4, 0.5) is 0 Å². The molecule has 1 aromatic rings. The van der Waals surface area contributed by atoms with E-state index in [1.165, 1.54) is 0 Å². The average molecular weight is 300 g/mol. The standard InChI is InChI=1S/C19H24O3/c1-18(2,3)17-21-16(20)19(22-17,14-10-6-4-7-11-14)15-12-8-5-9-13-15/h4,6-8,10-12,15,17H,5,9,13H2,1-3H3/t15?,17-,19-/m0/s1. The number of rotatable bonds is 2. The lowest BCUT2D eigenvalue weighted by Gasteiger charge is -2.34. The molecule has 118 valence electrons. The third kappa shape index (κ3) is 2.48. The fourth-order valence-corrected chi connectivity index (χ4v) is 3.25. The molecule has 1 aromatic carbocycles. The Morgan fingerprint density at radius 2 is 1.91 bits per heavy atom. The van der Waals surface area contributed by atoms with Crippen molar-refractivity contribution in [2.45, 2.75) is 51.9 Å². The fourth-order valence-electron chi connectivity index (χ4n) is 3.25. The molecule has 1 saturated heterocycles. The summed E-state index contributed by atoms with van der Waals surface area (Å²) in [5, 5.41) is 0. The van der Waals surface area contributed by atoms with Crippen molar-refractivity contribution in [2.75, 3.05) is 0 Å². The van der Waals surface area contributed by atoms with Crippen LogP contribution in [-0.2, 0) is 19.9 Å². The van der Waals surface area contributed by atoms with Crippen molar-refractivity contribution < 1.29 is 14.3 Å². The first-order valence-corrected chi connectivity index (χ1v) is 8.05. The molecule has 1 aliphatic heterocycles. The van der Waals surface area contributed by atoms with Crippen LogP contribution in [0.1, 0.15) is 45.6 Å². The average Bonchev–Trinajstić information content (AvgIpc) is 2.88. The summed E-state index contributed by atoms with van der Waals surface area (Å²) in [5.41, 5.74) is -0.357. The molecule has 3 rings (SSSR count). The molecule has 3 nitrogen and oxygen atoms in total. The van der Waals surface area contributed by atoms with E-state index in [0.29, 0.717) is 0 Å². The number of hydrogen-bond donors (Lipinski definition) is 0. The van der Waals surface area contributed by atoms with E-state index in [1.807, 2.05) is 51.1 Å². The molecule has 22 heavy (non-hydrogen) atoms. The van der Waals surface area contributed by atoms with Gasteiger partial charge in [0.2, 0.25) is 11.9 Å². The van der Waals surface area contributed by atoms with Crippen molar-refractivity contribution in [3.63, 3.8) is 0 Å². The molecule has 3 heteroatoms. The minimum Gasteiger partial charge on any atom is -0.433 e. The number of hydrogen-bond acceptors (Lipinski definition) is 3. The van der Waals surface area contributed by atoms with E-state index in [-0.39, 0.29) is 17.3 Å². The predicted molar refractivity (Wildman–Crippen MR) is 85.0 cm³/mol. The van der Waals surface area contributed by atoms with Crippen LogP contribution in [0.15, 0.2) is 42.5 Å². The predicted octanol–water partition coefficient (Wildman–Crippen LogP) is 4.18. The van der Waals surface area contributed by atoms with Crippen molar-refractivity contribution >= 4 is 5.97 Å². The van der Waals surface area contributed by atoms with E-state index in [2.05, 4.69) is 12.2 Å². The zero-order valence-electron chi connectivity index (χ0n) is 13.5. The van der Waals surface area contributed by atoms with Crippen LogP contribution in [0.5, 0.6) is 0 Å². The third-order valence-corrected chi connectivity index (χ3v) is 4.50. The lowest BCUT2D eigenvalue weighted by Crippen LogP contribution is -2.42. The van der Waals surface area contributed by atoms with E-state index in [0.717, 1.165) is 24.8 Å². The van der Waals surface area contributed by atoms with E-state index < -0.39 is 11.9 Å². The molecule has 0 amide bonds. The molecule has 0 aromatic heterocycles. The van der Waals surface area contributed by atoms with Crippen LogP contribution in [0.3, 0.4) is 0 Å². The number of allylic oxidation sites excluding steroid dienone is 1. The first-order chi connectivity index (χ1) is 10.4. The van der Waals surface area contributed by atoms with Gasteiger partial charge in [-0.15, -0.1) is 0 Å². The molecule has 1 aliphatic carbocycles. The minimum absolute atomic E-state index is 0.0310. The monoisotopic (exact) mass is 300 g/mol. The van der Waals surface area contributed by atoms with Crippen LogP contribution >= 0.6 is 0 Å². The Bertz CT molecular complexity index is 570. The number of carbonyl (C=O) groups is 1. The largest absolute Gasteiger partial charge is 0.433 e. The summed E-state index contributed by atoms with van der Waals surface area (Å²) in [7, 11) is 0. The maximum Gasteiger partial charge on any atom is 0.346 e. The highest BCUT2D eigenvalue weighted by Gasteiger charge is 2.58. The Morgan fingerprint density at radius 3 is 2.45 bits per heavy atom. The summed E-state index contributed by atoms with van der Waals surface area (Å²) in [6.07, 6.45) is 6.85. The number of benzene rings is 1. The van der Waals surface area contributed by atoms with Crippen LogP contribution < -0.4 is 0 Å². The second kappa shape index (κ2) is 5.54. The van der Waals surface area contributed by atoms with Crippen molar-refractivity contribution in [1.82, 2.24) is 0 Å². The number of esters is 1. The highest BCUT2D eigenvalue weighted by atomic mass is 16.8. The van der Waals surface area contributed by atoms with Crippen molar-refractivity contribution in [1.29, 1.82) is 0 Å². The molecule has 0 radical (unpaired) electrons. The van der Waals surface area contributed by atoms with Crippen LogP contribution in [0.25, 0.3) is 0 Å². The van der Waals surface area contributed by atoms with Gasteiger partial charge < -0.3 is 9.47 Å². The summed E-state index contributed by atoms with van der Waals surface area (Å²) < 4.78 is 12.0. The molecule has 1 fully saturated rings. The molecule has 0 saturated carbocycles. The van der Waals surface area contributed by atoms with E-state index >= 15 is 0 Å². The molecule has 1 unspecified atom stereocenters. The Morgan fingerprint density at radius 1 is 1.18 bits per heavy atom. The van der Waals surface area contributed by atoms with E-state index in [9.17, 15) is 4.79 Å². The number of ether oxygens (including phenoxy) is 2. The lowest BCUT2D eigenvalue weighted by molar-refractivity contribution is -0.160. The van der Waals surface area contributed by atoms with Crippen LogP contribution in [-0.4, -0.2) is 12.3 Å². The molecule has 2 aliphatic rings. The summed E-state index contributed by atoms with van der Waals surface area (Å²) in [6.45, 7) is 6.09. The highest BCUT2D eigenvalue weighted by molar-refractivity contribution is 5.84. The molecule has 3 atom stereocenters. The Balaban J connectivity index is 2.06. The van der Waals surface area contributed by atoms with Crippen molar-refractivity contribution in [3.8, 4) is 0 Å².